The second-order valence-electron chi connectivity index (χ2n) is 5.43. The summed E-state index contributed by atoms with van der Waals surface area (Å²) in [5.41, 5.74) is 2.36. The van der Waals surface area contributed by atoms with E-state index in [0.717, 1.165) is 6.07 Å². The molecule has 144 valence electrons. The quantitative estimate of drug-likeness (QED) is 0.336. The zero-order valence-electron chi connectivity index (χ0n) is 14.1. The first-order valence-electron chi connectivity index (χ1n) is 7.74. The molecule has 0 unspecified atom stereocenters. The number of anilines is 2. The molecule has 0 atom stereocenters. The highest BCUT2D eigenvalue weighted by Crippen LogP contribution is 2.28. The van der Waals surface area contributed by atoms with Crippen LogP contribution in [0.1, 0.15) is 5.76 Å². The number of nitro groups is 1. The Morgan fingerprint density at radius 1 is 1.14 bits per heavy atom. The molecule has 2 aromatic carbocycles. The minimum absolute atomic E-state index is 0.0262. The van der Waals surface area contributed by atoms with E-state index >= 15 is 0 Å². The molecular weight excluding hydrogens is 408 g/mol. The maximum Gasteiger partial charge on any atom is 0.295 e. The van der Waals surface area contributed by atoms with Gasteiger partial charge >= 0.3 is 0 Å². The molecule has 9 nitrogen and oxygen atoms in total. The molecule has 0 aliphatic heterocycles. The summed E-state index contributed by atoms with van der Waals surface area (Å²) in [5, 5.41) is 15.6. The zero-order chi connectivity index (χ0) is 20.1. The third kappa shape index (κ3) is 4.67. The van der Waals surface area contributed by atoms with Gasteiger partial charge in [-0.15, -0.1) is 0 Å². The Labute approximate surface area is 164 Å². The van der Waals surface area contributed by atoms with Gasteiger partial charge in [0.1, 0.15) is 11.4 Å². The van der Waals surface area contributed by atoms with Crippen molar-refractivity contribution >= 4 is 44.9 Å². The predicted octanol–water partition coefficient (Wildman–Crippen LogP) is 4.09. The molecule has 0 spiro atoms. The molecule has 0 saturated carbocycles. The van der Waals surface area contributed by atoms with Gasteiger partial charge in [0.2, 0.25) is 0 Å². The molecular formula is C17H13ClN4O5S. The van der Waals surface area contributed by atoms with Gasteiger partial charge in [-0.2, -0.15) is 5.10 Å². The average molecular weight is 421 g/mol. The van der Waals surface area contributed by atoms with Crippen molar-refractivity contribution in [3.05, 3.63) is 81.8 Å². The SMILES string of the molecule is O=[N+]([O-])c1cc(S(=O)(=O)Nc2ccc(Cl)cc2)ccc1N/N=C/c1ccco1. The van der Waals surface area contributed by atoms with Crippen LogP contribution in [0.15, 0.2) is 75.3 Å². The molecule has 3 aromatic rings. The number of nitrogens with one attached hydrogen (secondary N) is 2. The van der Waals surface area contributed by atoms with Crippen molar-refractivity contribution < 1.29 is 17.8 Å². The van der Waals surface area contributed by atoms with E-state index in [0.29, 0.717) is 10.8 Å². The maximum atomic E-state index is 12.5. The summed E-state index contributed by atoms with van der Waals surface area (Å²) in [7, 11) is -4.03. The van der Waals surface area contributed by atoms with Crippen LogP contribution < -0.4 is 10.1 Å². The molecule has 2 N–H and O–H groups in total. The Kier molecular flexibility index (Phi) is 5.62. The van der Waals surface area contributed by atoms with Crippen LogP contribution in [0.2, 0.25) is 5.02 Å². The monoisotopic (exact) mass is 420 g/mol. The Balaban J connectivity index is 1.85. The fourth-order valence-electron chi connectivity index (χ4n) is 2.19. The van der Waals surface area contributed by atoms with E-state index in [2.05, 4.69) is 15.2 Å². The molecule has 0 aliphatic carbocycles. The number of benzene rings is 2. The predicted molar refractivity (Wildman–Crippen MR) is 105 cm³/mol. The number of sulfonamides is 1. The minimum Gasteiger partial charge on any atom is -0.463 e. The third-order valence-corrected chi connectivity index (χ3v) is 5.12. The third-order valence-electron chi connectivity index (χ3n) is 3.49. The van der Waals surface area contributed by atoms with Gasteiger partial charge in [-0.3, -0.25) is 20.3 Å². The smallest absolute Gasteiger partial charge is 0.295 e. The number of nitro benzene ring substituents is 1. The van der Waals surface area contributed by atoms with Crippen LogP contribution in [0.3, 0.4) is 0 Å². The number of hydrogen-bond acceptors (Lipinski definition) is 7. The largest absolute Gasteiger partial charge is 0.463 e. The van der Waals surface area contributed by atoms with Crippen LogP contribution in [-0.4, -0.2) is 19.6 Å². The maximum absolute atomic E-state index is 12.5. The van der Waals surface area contributed by atoms with Crippen molar-refractivity contribution in [3.63, 3.8) is 0 Å². The van der Waals surface area contributed by atoms with Gasteiger partial charge in [0.25, 0.3) is 15.7 Å². The van der Waals surface area contributed by atoms with Crippen LogP contribution in [0, 0.1) is 10.1 Å². The van der Waals surface area contributed by atoms with Gasteiger partial charge in [-0.1, -0.05) is 11.6 Å². The van der Waals surface area contributed by atoms with Crippen LogP contribution >= 0.6 is 11.6 Å². The van der Waals surface area contributed by atoms with Crippen molar-refractivity contribution in [2.45, 2.75) is 4.90 Å². The first-order chi connectivity index (χ1) is 13.3. The average Bonchev–Trinajstić information content (AvgIpc) is 3.17. The molecule has 11 heteroatoms. The number of hydrogen-bond donors (Lipinski definition) is 2. The lowest BCUT2D eigenvalue weighted by Crippen LogP contribution is -2.13. The summed E-state index contributed by atoms with van der Waals surface area (Å²) in [6.45, 7) is 0. The van der Waals surface area contributed by atoms with Gasteiger partial charge in [0.15, 0.2) is 0 Å². The number of furan rings is 1. The Morgan fingerprint density at radius 3 is 2.54 bits per heavy atom. The summed E-state index contributed by atoms with van der Waals surface area (Å²) in [4.78, 5) is 10.4. The lowest BCUT2D eigenvalue weighted by Gasteiger charge is -2.09. The van der Waals surface area contributed by atoms with Crippen LogP contribution in [-0.2, 0) is 10.0 Å². The van der Waals surface area contributed by atoms with E-state index in [1.54, 1.807) is 12.1 Å². The molecule has 0 bridgehead atoms. The minimum atomic E-state index is -4.03. The van der Waals surface area contributed by atoms with Crippen molar-refractivity contribution in [2.24, 2.45) is 5.10 Å². The van der Waals surface area contributed by atoms with Gasteiger partial charge in [-0.25, -0.2) is 8.42 Å². The van der Waals surface area contributed by atoms with Crippen LogP contribution in [0.5, 0.6) is 0 Å². The molecule has 0 amide bonds. The lowest BCUT2D eigenvalue weighted by molar-refractivity contribution is -0.384. The summed E-state index contributed by atoms with van der Waals surface area (Å²) in [5.74, 6) is 0.446. The zero-order valence-corrected chi connectivity index (χ0v) is 15.6. The van der Waals surface area contributed by atoms with Gasteiger partial charge < -0.3 is 4.42 Å². The fraction of sp³-hybridized carbons (Fsp3) is 0. The summed E-state index contributed by atoms with van der Waals surface area (Å²) in [6, 6.07) is 12.8. The summed E-state index contributed by atoms with van der Waals surface area (Å²) >= 11 is 5.77. The number of rotatable bonds is 7. The summed E-state index contributed by atoms with van der Waals surface area (Å²) < 4.78 is 32.4. The van der Waals surface area contributed by atoms with E-state index in [9.17, 15) is 18.5 Å². The van der Waals surface area contributed by atoms with Gasteiger partial charge in [0.05, 0.1) is 22.3 Å². The standard InChI is InChI=1S/C17H13ClN4O5S/c18-12-3-5-13(6-4-12)21-28(25,26)15-7-8-16(17(10-15)22(23)24)20-19-11-14-2-1-9-27-14/h1-11,20-21H/b19-11+. The molecule has 0 radical (unpaired) electrons. The molecule has 0 saturated heterocycles. The summed E-state index contributed by atoms with van der Waals surface area (Å²) in [6.07, 6.45) is 2.79. The highest BCUT2D eigenvalue weighted by atomic mass is 35.5. The Morgan fingerprint density at radius 2 is 1.89 bits per heavy atom. The number of nitrogens with zero attached hydrogens (tertiary/aromatic N) is 2. The van der Waals surface area contributed by atoms with Crippen molar-refractivity contribution in [1.82, 2.24) is 0 Å². The highest BCUT2D eigenvalue weighted by Gasteiger charge is 2.21. The molecule has 3 rings (SSSR count). The molecule has 0 aliphatic rings. The Hall–Kier alpha value is -3.37. The fourth-order valence-corrected chi connectivity index (χ4v) is 3.39. The molecule has 1 aromatic heterocycles. The van der Waals surface area contributed by atoms with Crippen LogP contribution in [0.4, 0.5) is 17.1 Å². The molecule has 1 heterocycles. The molecule has 28 heavy (non-hydrogen) atoms. The van der Waals surface area contributed by atoms with E-state index in [-0.39, 0.29) is 16.3 Å². The van der Waals surface area contributed by atoms with E-state index in [1.807, 2.05) is 0 Å². The van der Waals surface area contributed by atoms with Gasteiger partial charge in [-0.05, 0) is 48.5 Å². The second kappa shape index (κ2) is 8.11. The topological polar surface area (TPSA) is 127 Å². The van der Waals surface area contributed by atoms with Crippen molar-refractivity contribution in [1.29, 1.82) is 0 Å². The van der Waals surface area contributed by atoms with E-state index in [4.69, 9.17) is 16.0 Å². The van der Waals surface area contributed by atoms with Crippen molar-refractivity contribution in [2.75, 3.05) is 10.1 Å². The normalized spacial score (nSPS) is 11.5. The Bertz CT molecular complexity index is 1110. The number of hydrazone groups is 1. The lowest BCUT2D eigenvalue weighted by atomic mass is 10.3. The van der Waals surface area contributed by atoms with Crippen molar-refractivity contribution in [3.8, 4) is 0 Å². The second-order valence-corrected chi connectivity index (χ2v) is 7.55. The van der Waals surface area contributed by atoms with Crippen LogP contribution in [0.25, 0.3) is 0 Å². The molecule has 0 fully saturated rings. The van der Waals surface area contributed by atoms with E-state index < -0.39 is 20.6 Å². The first kappa shape index (κ1) is 19.4. The first-order valence-corrected chi connectivity index (χ1v) is 9.61. The van der Waals surface area contributed by atoms with Gasteiger partial charge in [0, 0.05) is 16.8 Å². The number of halogens is 1. The highest BCUT2D eigenvalue weighted by molar-refractivity contribution is 7.92. The van der Waals surface area contributed by atoms with E-state index in [1.165, 1.54) is 48.9 Å².